The van der Waals surface area contributed by atoms with E-state index in [2.05, 4.69) is 39.7 Å². The van der Waals surface area contributed by atoms with Gasteiger partial charge in [0.1, 0.15) is 0 Å². The number of aliphatic hydroxyl groups excluding tert-OH is 1. The minimum absolute atomic E-state index is 0.277. The highest BCUT2D eigenvalue weighted by molar-refractivity contribution is 14.1. The van der Waals surface area contributed by atoms with Crippen molar-refractivity contribution in [3.8, 4) is 0 Å². The molecule has 1 aromatic rings. The zero-order valence-electron chi connectivity index (χ0n) is 8.61. The van der Waals surface area contributed by atoms with Crippen LogP contribution in [0.5, 0.6) is 0 Å². The van der Waals surface area contributed by atoms with Crippen LogP contribution in [0.4, 0.5) is 5.69 Å². The lowest BCUT2D eigenvalue weighted by Crippen LogP contribution is -2.26. The lowest BCUT2D eigenvalue weighted by molar-refractivity contribution is 0.438. The van der Waals surface area contributed by atoms with E-state index >= 15 is 0 Å². The third-order valence-electron chi connectivity index (χ3n) is 1.84. The van der Waals surface area contributed by atoms with Crippen LogP contribution in [0, 0.1) is 3.57 Å². The highest BCUT2D eigenvalue weighted by Gasteiger charge is 2.13. The van der Waals surface area contributed by atoms with E-state index in [9.17, 15) is 5.11 Å². The van der Waals surface area contributed by atoms with E-state index < -0.39 is 0 Å². The number of aliphatic hydroxyl groups is 1. The molecule has 0 aromatic heterocycles. The largest absolute Gasteiger partial charge is 0.496 e. The average Bonchev–Trinajstić information content (AvgIpc) is 2.25. The van der Waals surface area contributed by atoms with Crippen molar-refractivity contribution in [3.63, 3.8) is 0 Å². The standard InChI is InChI=1S/C10H11ClIN3O/c1-13-10(9(11)16)15(14-2)8-5-3-4-7(12)6-8/h3-6,13,16H,2H2,1H3/b10-9-. The van der Waals surface area contributed by atoms with E-state index in [1.165, 1.54) is 5.01 Å². The van der Waals surface area contributed by atoms with Crippen molar-refractivity contribution >= 4 is 46.6 Å². The van der Waals surface area contributed by atoms with Crippen LogP contribution in [0.1, 0.15) is 0 Å². The molecule has 16 heavy (non-hydrogen) atoms. The number of benzene rings is 1. The third kappa shape index (κ3) is 3.02. The first-order valence-corrected chi connectivity index (χ1v) is 5.84. The summed E-state index contributed by atoms with van der Waals surface area (Å²) in [5.74, 6) is 0.277. The molecule has 0 saturated carbocycles. The average molecular weight is 352 g/mol. The van der Waals surface area contributed by atoms with Gasteiger partial charge in [-0.25, -0.2) is 5.01 Å². The molecule has 0 spiro atoms. The number of hydrogen-bond donors (Lipinski definition) is 2. The van der Waals surface area contributed by atoms with Crippen molar-refractivity contribution in [1.29, 1.82) is 0 Å². The Morgan fingerprint density at radius 2 is 2.31 bits per heavy atom. The molecule has 1 aromatic carbocycles. The molecule has 0 saturated heterocycles. The van der Waals surface area contributed by atoms with Crippen molar-refractivity contribution in [2.24, 2.45) is 5.10 Å². The summed E-state index contributed by atoms with van der Waals surface area (Å²) in [5.41, 5.74) is 0.762. The molecular weight excluding hydrogens is 340 g/mol. The van der Waals surface area contributed by atoms with Gasteiger partial charge >= 0.3 is 0 Å². The molecule has 0 unspecified atom stereocenters. The van der Waals surface area contributed by atoms with Gasteiger partial charge in [0.05, 0.1) is 5.69 Å². The summed E-state index contributed by atoms with van der Waals surface area (Å²) < 4.78 is 1.05. The minimum Gasteiger partial charge on any atom is -0.496 e. The van der Waals surface area contributed by atoms with Gasteiger partial charge in [-0.1, -0.05) is 6.07 Å². The fraction of sp³-hybridized carbons (Fsp3) is 0.100. The lowest BCUT2D eigenvalue weighted by Gasteiger charge is -2.21. The Morgan fingerprint density at radius 1 is 1.62 bits per heavy atom. The van der Waals surface area contributed by atoms with Crippen LogP contribution in [0.25, 0.3) is 0 Å². The summed E-state index contributed by atoms with van der Waals surface area (Å²) >= 11 is 7.74. The monoisotopic (exact) mass is 351 g/mol. The lowest BCUT2D eigenvalue weighted by atomic mass is 10.3. The molecule has 0 aliphatic heterocycles. The van der Waals surface area contributed by atoms with E-state index in [0.29, 0.717) is 0 Å². The topological polar surface area (TPSA) is 47.9 Å². The predicted molar refractivity (Wildman–Crippen MR) is 75.8 cm³/mol. The summed E-state index contributed by atoms with van der Waals surface area (Å²) in [5, 5.41) is 16.9. The Morgan fingerprint density at radius 3 is 2.75 bits per heavy atom. The van der Waals surface area contributed by atoms with Gasteiger partial charge in [-0.2, -0.15) is 5.10 Å². The Balaban J connectivity index is 3.17. The normalized spacial score (nSPS) is 11.7. The summed E-state index contributed by atoms with van der Waals surface area (Å²) in [6.45, 7) is 3.45. The predicted octanol–water partition coefficient (Wildman–Crippen LogP) is 2.86. The SMILES string of the molecule is C=NN(/C(NC)=C(\O)Cl)c1cccc(I)c1. The molecule has 86 valence electrons. The first-order valence-electron chi connectivity index (χ1n) is 4.39. The van der Waals surface area contributed by atoms with Gasteiger partial charge in [0.15, 0.2) is 5.82 Å². The Bertz CT molecular complexity index is 418. The smallest absolute Gasteiger partial charge is 0.228 e. The van der Waals surface area contributed by atoms with Gasteiger partial charge in [0.25, 0.3) is 0 Å². The molecule has 0 fully saturated rings. The van der Waals surface area contributed by atoms with E-state index in [1.807, 2.05) is 24.3 Å². The van der Waals surface area contributed by atoms with Gasteiger partial charge in [-0.3, -0.25) is 0 Å². The highest BCUT2D eigenvalue weighted by atomic mass is 127. The summed E-state index contributed by atoms with van der Waals surface area (Å²) in [4.78, 5) is 0. The van der Waals surface area contributed by atoms with Crippen LogP contribution < -0.4 is 10.3 Å². The van der Waals surface area contributed by atoms with Crippen LogP contribution >= 0.6 is 34.2 Å². The number of hydrazone groups is 1. The number of hydrogen-bond acceptors (Lipinski definition) is 4. The number of nitrogens with zero attached hydrogens (tertiary/aromatic N) is 2. The van der Waals surface area contributed by atoms with Crippen molar-refractivity contribution in [2.45, 2.75) is 0 Å². The Kier molecular flexibility index (Phi) is 4.88. The molecule has 0 radical (unpaired) electrons. The maximum absolute atomic E-state index is 9.30. The van der Waals surface area contributed by atoms with Crippen LogP contribution in [0.3, 0.4) is 0 Å². The van der Waals surface area contributed by atoms with Gasteiger partial charge < -0.3 is 10.4 Å². The van der Waals surface area contributed by atoms with E-state index in [4.69, 9.17) is 11.6 Å². The molecule has 0 aliphatic carbocycles. The summed E-state index contributed by atoms with van der Waals surface area (Å²) in [6.07, 6.45) is 0. The van der Waals surface area contributed by atoms with Crippen LogP contribution in [-0.2, 0) is 0 Å². The molecule has 0 heterocycles. The maximum atomic E-state index is 9.30. The van der Waals surface area contributed by atoms with E-state index in [1.54, 1.807) is 7.05 Å². The first-order chi connectivity index (χ1) is 7.60. The molecule has 4 nitrogen and oxygen atoms in total. The maximum Gasteiger partial charge on any atom is 0.228 e. The zero-order chi connectivity index (χ0) is 12.1. The second-order valence-electron chi connectivity index (χ2n) is 2.82. The van der Waals surface area contributed by atoms with Gasteiger partial charge in [0, 0.05) is 17.3 Å². The van der Waals surface area contributed by atoms with Gasteiger partial charge in [-0.05, 0) is 52.4 Å². The fourth-order valence-electron chi connectivity index (χ4n) is 1.19. The molecular formula is C10H11ClIN3O. The Hall–Kier alpha value is -0.950. The van der Waals surface area contributed by atoms with Crippen molar-refractivity contribution in [2.75, 3.05) is 12.1 Å². The van der Waals surface area contributed by atoms with Crippen molar-refractivity contribution in [3.05, 3.63) is 38.9 Å². The zero-order valence-corrected chi connectivity index (χ0v) is 11.5. The number of anilines is 1. The Labute approximate surface area is 113 Å². The molecule has 0 bridgehead atoms. The minimum atomic E-state index is -0.367. The molecule has 6 heteroatoms. The van der Waals surface area contributed by atoms with Crippen LogP contribution in [0.15, 0.2) is 40.4 Å². The third-order valence-corrected chi connectivity index (χ3v) is 2.69. The van der Waals surface area contributed by atoms with Crippen LogP contribution in [0.2, 0.25) is 0 Å². The molecule has 0 amide bonds. The second kappa shape index (κ2) is 5.95. The van der Waals surface area contributed by atoms with Gasteiger partial charge in [0.2, 0.25) is 5.22 Å². The van der Waals surface area contributed by atoms with Crippen molar-refractivity contribution in [1.82, 2.24) is 5.32 Å². The summed E-state index contributed by atoms with van der Waals surface area (Å²) in [6, 6.07) is 7.57. The van der Waals surface area contributed by atoms with E-state index in [-0.39, 0.29) is 11.0 Å². The first kappa shape index (κ1) is 13.1. The number of nitrogens with one attached hydrogen (secondary N) is 1. The van der Waals surface area contributed by atoms with Gasteiger partial charge in [-0.15, -0.1) is 0 Å². The van der Waals surface area contributed by atoms with Crippen LogP contribution in [-0.4, -0.2) is 18.9 Å². The van der Waals surface area contributed by atoms with Crippen molar-refractivity contribution < 1.29 is 5.11 Å². The molecule has 2 N–H and O–H groups in total. The number of rotatable bonds is 4. The molecule has 0 aliphatic rings. The second-order valence-corrected chi connectivity index (χ2v) is 4.43. The molecule has 1 rings (SSSR count). The van der Waals surface area contributed by atoms with E-state index in [0.717, 1.165) is 9.26 Å². The summed E-state index contributed by atoms with van der Waals surface area (Å²) in [7, 11) is 1.64. The quantitative estimate of drug-likeness (QED) is 0.379. The fourth-order valence-corrected chi connectivity index (χ4v) is 1.89. The highest BCUT2D eigenvalue weighted by Crippen LogP contribution is 2.22. The number of halogens is 2. The molecule has 0 atom stereocenters.